The van der Waals surface area contributed by atoms with Gasteiger partial charge >= 0.3 is 0 Å². The van der Waals surface area contributed by atoms with Crippen LogP contribution in [0.4, 0.5) is 0 Å². The largest absolute Gasteiger partial charge is 0.372 e. The summed E-state index contributed by atoms with van der Waals surface area (Å²) in [5.74, 6) is 0.141. The molecule has 0 aromatic rings. The second kappa shape index (κ2) is 4.75. The molecule has 0 aliphatic carbocycles. The Labute approximate surface area is 85.4 Å². The molecule has 3 atom stereocenters. The molecule has 1 saturated heterocycles. The normalized spacial score (nSPS) is 30.1. The number of nitrogens with zero attached hydrogens (tertiary/aromatic N) is 1. The number of nitrogens with two attached hydrogens (primary N) is 1. The molecule has 4 heteroatoms. The summed E-state index contributed by atoms with van der Waals surface area (Å²) in [5, 5.41) is 0. The van der Waals surface area contributed by atoms with E-state index in [9.17, 15) is 4.79 Å². The summed E-state index contributed by atoms with van der Waals surface area (Å²) in [4.78, 5) is 13.5. The number of hydrogen-bond donors (Lipinski definition) is 1. The predicted molar refractivity (Wildman–Crippen MR) is 54.9 cm³/mol. The number of morpholine rings is 1. The van der Waals surface area contributed by atoms with E-state index in [4.69, 9.17) is 10.5 Å². The molecule has 1 heterocycles. The van der Waals surface area contributed by atoms with Gasteiger partial charge in [0.15, 0.2) is 0 Å². The molecule has 0 saturated carbocycles. The molecule has 2 N–H and O–H groups in total. The minimum atomic E-state index is -0.0593. The SMILES string of the molecule is CC(N)CC(=O)N1C[C@@H](C)O[C@@H](C)C1. The third-order valence-corrected chi connectivity index (χ3v) is 2.27. The number of rotatable bonds is 2. The third-order valence-electron chi connectivity index (χ3n) is 2.27. The fourth-order valence-electron chi connectivity index (χ4n) is 1.79. The van der Waals surface area contributed by atoms with E-state index in [-0.39, 0.29) is 24.2 Å². The highest BCUT2D eigenvalue weighted by atomic mass is 16.5. The summed E-state index contributed by atoms with van der Waals surface area (Å²) in [6.07, 6.45) is 0.700. The van der Waals surface area contributed by atoms with E-state index in [1.54, 1.807) is 0 Å². The topological polar surface area (TPSA) is 55.6 Å². The van der Waals surface area contributed by atoms with Crippen molar-refractivity contribution < 1.29 is 9.53 Å². The van der Waals surface area contributed by atoms with Crippen molar-refractivity contribution in [3.05, 3.63) is 0 Å². The minimum absolute atomic E-state index is 0.0593. The number of hydrogen-bond acceptors (Lipinski definition) is 3. The number of carbonyl (C=O) groups is 1. The van der Waals surface area contributed by atoms with Gasteiger partial charge in [0.25, 0.3) is 0 Å². The zero-order chi connectivity index (χ0) is 10.7. The highest BCUT2D eigenvalue weighted by Gasteiger charge is 2.25. The Bertz CT molecular complexity index is 196. The van der Waals surface area contributed by atoms with Crippen LogP contribution in [-0.2, 0) is 9.53 Å². The van der Waals surface area contributed by atoms with E-state index in [1.165, 1.54) is 0 Å². The molecular formula is C10H20N2O2. The van der Waals surface area contributed by atoms with Gasteiger partial charge in [-0.05, 0) is 20.8 Å². The summed E-state index contributed by atoms with van der Waals surface area (Å²) in [5.41, 5.74) is 5.59. The fourth-order valence-corrected chi connectivity index (χ4v) is 1.79. The maximum absolute atomic E-state index is 11.7. The van der Waals surface area contributed by atoms with Crippen molar-refractivity contribution in [3.8, 4) is 0 Å². The maximum Gasteiger partial charge on any atom is 0.224 e. The van der Waals surface area contributed by atoms with Gasteiger partial charge < -0.3 is 15.4 Å². The van der Waals surface area contributed by atoms with E-state index in [0.717, 1.165) is 0 Å². The Kier molecular flexibility index (Phi) is 3.89. The van der Waals surface area contributed by atoms with Crippen molar-refractivity contribution in [3.63, 3.8) is 0 Å². The maximum atomic E-state index is 11.7. The fraction of sp³-hybridized carbons (Fsp3) is 0.900. The third kappa shape index (κ3) is 3.27. The summed E-state index contributed by atoms with van der Waals surface area (Å²) < 4.78 is 5.55. The number of ether oxygens (including phenoxy) is 1. The van der Waals surface area contributed by atoms with Crippen molar-refractivity contribution >= 4 is 5.91 Å². The quantitative estimate of drug-likeness (QED) is 0.700. The van der Waals surface area contributed by atoms with E-state index in [0.29, 0.717) is 19.5 Å². The van der Waals surface area contributed by atoms with Crippen LogP contribution in [0.15, 0.2) is 0 Å². The van der Waals surface area contributed by atoms with Crippen molar-refractivity contribution in [1.29, 1.82) is 0 Å². The lowest BCUT2D eigenvalue weighted by Crippen LogP contribution is -2.49. The summed E-state index contributed by atoms with van der Waals surface area (Å²) in [6.45, 7) is 7.21. The van der Waals surface area contributed by atoms with E-state index in [1.807, 2.05) is 25.7 Å². The first-order valence-electron chi connectivity index (χ1n) is 5.18. The van der Waals surface area contributed by atoms with Gasteiger partial charge in [0, 0.05) is 25.6 Å². The van der Waals surface area contributed by atoms with Gasteiger partial charge in [0.1, 0.15) is 0 Å². The second-order valence-corrected chi connectivity index (χ2v) is 4.24. The molecule has 1 amide bonds. The molecule has 82 valence electrons. The average molecular weight is 200 g/mol. The van der Waals surface area contributed by atoms with Gasteiger partial charge in [0.2, 0.25) is 5.91 Å². The minimum Gasteiger partial charge on any atom is -0.372 e. The summed E-state index contributed by atoms with van der Waals surface area (Å²) >= 11 is 0. The lowest BCUT2D eigenvalue weighted by Gasteiger charge is -2.35. The monoisotopic (exact) mass is 200 g/mol. The van der Waals surface area contributed by atoms with Crippen molar-refractivity contribution in [2.24, 2.45) is 5.73 Å². The van der Waals surface area contributed by atoms with Crippen molar-refractivity contribution in [2.75, 3.05) is 13.1 Å². The van der Waals surface area contributed by atoms with Gasteiger partial charge in [-0.1, -0.05) is 0 Å². The molecule has 1 fully saturated rings. The molecule has 0 aromatic heterocycles. The molecular weight excluding hydrogens is 180 g/mol. The Morgan fingerprint density at radius 3 is 2.43 bits per heavy atom. The molecule has 1 aliphatic rings. The Balaban J connectivity index is 2.46. The number of amides is 1. The van der Waals surface area contributed by atoms with Crippen LogP contribution in [0.5, 0.6) is 0 Å². The molecule has 0 bridgehead atoms. The molecule has 1 unspecified atom stereocenters. The Hall–Kier alpha value is -0.610. The zero-order valence-corrected chi connectivity index (χ0v) is 9.19. The van der Waals surface area contributed by atoms with Crippen molar-refractivity contribution in [2.45, 2.75) is 45.4 Å². The van der Waals surface area contributed by atoms with Crippen molar-refractivity contribution in [1.82, 2.24) is 4.90 Å². The standard InChI is InChI=1S/C10H20N2O2/c1-7(11)4-10(13)12-5-8(2)14-9(3)6-12/h7-9H,4-6,11H2,1-3H3/t7?,8-,9+. The lowest BCUT2D eigenvalue weighted by molar-refractivity contribution is -0.143. The van der Waals surface area contributed by atoms with Gasteiger partial charge in [-0.25, -0.2) is 0 Å². The first-order chi connectivity index (χ1) is 6.49. The first-order valence-corrected chi connectivity index (χ1v) is 5.18. The molecule has 14 heavy (non-hydrogen) atoms. The molecule has 1 aliphatic heterocycles. The van der Waals surface area contributed by atoms with Crippen LogP contribution < -0.4 is 5.73 Å². The second-order valence-electron chi connectivity index (χ2n) is 4.24. The average Bonchev–Trinajstić information content (AvgIpc) is 2.00. The smallest absolute Gasteiger partial charge is 0.224 e. The van der Waals surface area contributed by atoms with Gasteiger partial charge in [-0.2, -0.15) is 0 Å². The predicted octanol–water partition coefficient (Wildman–Crippen LogP) is 0.359. The van der Waals surface area contributed by atoms with Crippen LogP contribution in [-0.4, -0.2) is 42.1 Å². The van der Waals surface area contributed by atoms with Gasteiger partial charge in [-0.15, -0.1) is 0 Å². The van der Waals surface area contributed by atoms with Crippen LogP contribution in [0, 0.1) is 0 Å². The van der Waals surface area contributed by atoms with Crippen LogP contribution in [0.25, 0.3) is 0 Å². The van der Waals surface area contributed by atoms with E-state index >= 15 is 0 Å². The van der Waals surface area contributed by atoms with Crippen LogP contribution in [0.2, 0.25) is 0 Å². The van der Waals surface area contributed by atoms with Gasteiger partial charge in [-0.3, -0.25) is 4.79 Å². The highest BCUT2D eigenvalue weighted by molar-refractivity contribution is 5.76. The molecule has 0 aromatic carbocycles. The van der Waals surface area contributed by atoms with E-state index in [2.05, 4.69) is 0 Å². The molecule has 4 nitrogen and oxygen atoms in total. The molecule has 1 rings (SSSR count). The molecule has 0 spiro atoms. The zero-order valence-electron chi connectivity index (χ0n) is 9.19. The van der Waals surface area contributed by atoms with Crippen LogP contribution >= 0.6 is 0 Å². The van der Waals surface area contributed by atoms with Gasteiger partial charge in [0.05, 0.1) is 12.2 Å². The molecule has 0 radical (unpaired) electrons. The number of carbonyl (C=O) groups excluding carboxylic acids is 1. The summed E-state index contributed by atoms with van der Waals surface area (Å²) in [7, 11) is 0. The summed E-state index contributed by atoms with van der Waals surface area (Å²) in [6, 6.07) is -0.0593. The Morgan fingerprint density at radius 2 is 2.00 bits per heavy atom. The lowest BCUT2D eigenvalue weighted by atomic mass is 10.2. The highest BCUT2D eigenvalue weighted by Crippen LogP contribution is 2.11. The first kappa shape index (κ1) is 11.5. The van der Waals surface area contributed by atoms with Crippen LogP contribution in [0.1, 0.15) is 27.2 Å². The van der Waals surface area contributed by atoms with Crippen LogP contribution in [0.3, 0.4) is 0 Å². The van der Waals surface area contributed by atoms with E-state index < -0.39 is 0 Å². The Morgan fingerprint density at radius 1 is 1.50 bits per heavy atom.